The summed E-state index contributed by atoms with van der Waals surface area (Å²) in [7, 11) is 0. The molecule has 10 aromatic rings. The normalized spacial score (nSPS) is 11.9. The number of hydrogen-bond donors (Lipinski definition) is 0. The molecule has 60 heavy (non-hydrogen) atoms. The Kier molecular flexibility index (Phi) is 8.55. The molecule has 0 fully saturated rings. The monoisotopic (exact) mass is 785 g/mol. The van der Waals surface area contributed by atoms with Gasteiger partial charge in [0.05, 0.1) is 39.0 Å². The smallest absolute Gasteiger partial charge is 0.308 e. The van der Waals surface area contributed by atoms with Gasteiger partial charge in [0.25, 0.3) is 0 Å². The molecular weight excluding hydrogens is 748 g/mol. The van der Waals surface area contributed by atoms with Gasteiger partial charge in [-0.2, -0.15) is 18.4 Å². The van der Waals surface area contributed by atoms with E-state index in [0.717, 1.165) is 83.1 Å². The Morgan fingerprint density at radius 3 is 1.35 bits per heavy atom. The molecule has 290 valence electrons. The summed E-state index contributed by atoms with van der Waals surface area (Å²) in [6, 6.07) is 53.3. The number of halogens is 3. The maximum atomic E-state index is 14.9. The molecule has 0 saturated carbocycles. The van der Waals surface area contributed by atoms with E-state index in [9.17, 15) is 18.4 Å². The molecule has 0 radical (unpaired) electrons. The van der Waals surface area contributed by atoms with Crippen molar-refractivity contribution in [1.29, 1.82) is 5.26 Å². The summed E-state index contributed by atoms with van der Waals surface area (Å²) in [6.45, 7) is 8.39. The summed E-state index contributed by atoms with van der Waals surface area (Å²) < 4.78 is 48.7. The first-order chi connectivity index (χ1) is 29.0. The predicted molar refractivity (Wildman–Crippen MR) is 240 cm³/mol. The molecule has 0 atom stereocenters. The average molecular weight is 786 g/mol. The fraction of sp³-hybridized carbons (Fsp3) is 0.0926. The number of alkyl halides is 3. The average Bonchev–Trinajstić information content (AvgIpc) is 3.75. The zero-order valence-corrected chi connectivity index (χ0v) is 33.5. The third kappa shape index (κ3) is 5.88. The maximum Gasteiger partial charge on any atom is 0.417 e. The zero-order valence-electron chi connectivity index (χ0n) is 33.5. The van der Waals surface area contributed by atoms with Gasteiger partial charge >= 0.3 is 6.18 Å². The van der Waals surface area contributed by atoms with Crippen LogP contribution in [-0.2, 0) is 6.18 Å². The molecule has 0 amide bonds. The van der Waals surface area contributed by atoms with Gasteiger partial charge in [-0.05, 0) is 127 Å². The zero-order chi connectivity index (χ0) is 41.4. The van der Waals surface area contributed by atoms with Gasteiger partial charge in [0.15, 0.2) is 0 Å². The molecule has 2 aromatic heterocycles. The highest BCUT2D eigenvalue weighted by Crippen LogP contribution is 2.44. The highest BCUT2D eigenvalue weighted by atomic mass is 19.4. The lowest BCUT2D eigenvalue weighted by atomic mass is 9.95. The largest absolute Gasteiger partial charge is 0.417 e. The Labute approximate surface area is 345 Å². The second-order valence-electron chi connectivity index (χ2n) is 15.9. The summed E-state index contributed by atoms with van der Waals surface area (Å²) in [4.78, 5) is 0. The molecule has 2 heterocycles. The molecule has 0 bridgehead atoms. The molecular formula is C54H38F3N3. The van der Waals surface area contributed by atoms with E-state index in [1.54, 1.807) is 18.2 Å². The summed E-state index contributed by atoms with van der Waals surface area (Å²) >= 11 is 0. The van der Waals surface area contributed by atoms with Crippen molar-refractivity contribution in [2.75, 3.05) is 0 Å². The van der Waals surface area contributed by atoms with E-state index in [1.165, 1.54) is 23.3 Å². The number of aryl methyl sites for hydroxylation is 4. The molecule has 10 rings (SSSR count). The number of rotatable bonds is 5. The van der Waals surface area contributed by atoms with E-state index in [0.29, 0.717) is 22.5 Å². The maximum absolute atomic E-state index is 14.9. The van der Waals surface area contributed by atoms with Crippen LogP contribution in [0.1, 0.15) is 33.4 Å². The fourth-order valence-corrected chi connectivity index (χ4v) is 9.29. The Morgan fingerprint density at radius 2 is 0.883 bits per heavy atom. The highest BCUT2D eigenvalue weighted by Gasteiger charge is 2.34. The summed E-state index contributed by atoms with van der Waals surface area (Å²) in [5.74, 6) is 0. The van der Waals surface area contributed by atoms with Crippen molar-refractivity contribution in [3.8, 4) is 50.8 Å². The minimum atomic E-state index is -4.61. The van der Waals surface area contributed by atoms with Gasteiger partial charge in [0.1, 0.15) is 11.6 Å². The van der Waals surface area contributed by atoms with E-state index in [-0.39, 0.29) is 5.56 Å². The number of aromatic nitrogens is 2. The topological polar surface area (TPSA) is 33.6 Å². The van der Waals surface area contributed by atoms with Crippen LogP contribution in [-0.4, -0.2) is 9.13 Å². The van der Waals surface area contributed by atoms with Crippen molar-refractivity contribution in [3.05, 3.63) is 191 Å². The fourth-order valence-electron chi connectivity index (χ4n) is 9.29. The summed E-state index contributed by atoms with van der Waals surface area (Å²) in [6.07, 6.45) is -4.61. The van der Waals surface area contributed by atoms with Gasteiger partial charge in [-0.25, -0.2) is 0 Å². The third-order valence-corrected chi connectivity index (χ3v) is 12.0. The summed E-state index contributed by atoms with van der Waals surface area (Å²) in [5, 5.41) is 15.3. The van der Waals surface area contributed by atoms with Crippen molar-refractivity contribution in [3.63, 3.8) is 0 Å². The van der Waals surface area contributed by atoms with Gasteiger partial charge in [0, 0.05) is 21.5 Å². The Hall–Kier alpha value is -7.36. The van der Waals surface area contributed by atoms with Crippen molar-refractivity contribution < 1.29 is 13.2 Å². The minimum absolute atomic E-state index is 0.0350. The second-order valence-corrected chi connectivity index (χ2v) is 15.9. The van der Waals surface area contributed by atoms with Crippen LogP contribution < -0.4 is 0 Å². The lowest BCUT2D eigenvalue weighted by Gasteiger charge is -2.20. The molecule has 0 aliphatic rings. The van der Waals surface area contributed by atoms with E-state index < -0.39 is 11.7 Å². The number of hydrogen-bond acceptors (Lipinski definition) is 1. The Balaban J connectivity index is 1.31. The third-order valence-electron chi connectivity index (χ3n) is 12.0. The number of nitriles is 1. The molecule has 0 N–H and O–H groups in total. The van der Waals surface area contributed by atoms with Gasteiger partial charge in [0.2, 0.25) is 0 Å². The quantitative estimate of drug-likeness (QED) is 0.171. The van der Waals surface area contributed by atoms with E-state index in [1.807, 2.05) is 45.5 Å². The lowest BCUT2D eigenvalue weighted by molar-refractivity contribution is -0.137. The molecule has 3 nitrogen and oxygen atoms in total. The van der Waals surface area contributed by atoms with Crippen LogP contribution in [0.15, 0.2) is 158 Å². The molecule has 8 aromatic carbocycles. The van der Waals surface area contributed by atoms with Gasteiger partial charge in [-0.1, -0.05) is 114 Å². The Bertz CT molecular complexity index is 3240. The molecule has 0 unspecified atom stereocenters. The standard InChI is InChI=1S/C54H38F3N3/c1-32-17-21-39(34(3)25-32)36-19-23-50-44(27-36)42-12-6-9-15-48(42)59(50)52-29-38(41-11-5-8-14-47(41)54(55,56)57)30-53(46(52)31-58)60-49-16-10-7-13-43(49)45-28-37(20-24-51(45)60)40-22-18-33(2)26-35(40)4/h5-30H,1-4H3. The van der Waals surface area contributed by atoms with Gasteiger partial charge in [-0.3, -0.25) is 0 Å². The van der Waals surface area contributed by atoms with Crippen LogP contribution in [0.3, 0.4) is 0 Å². The van der Waals surface area contributed by atoms with Crippen LogP contribution in [0, 0.1) is 39.0 Å². The first-order valence-electron chi connectivity index (χ1n) is 20.0. The second kappa shape index (κ2) is 13.9. The minimum Gasteiger partial charge on any atom is -0.308 e. The van der Waals surface area contributed by atoms with Crippen LogP contribution in [0.5, 0.6) is 0 Å². The molecule has 0 aliphatic heterocycles. The number of benzene rings is 8. The van der Waals surface area contributed by atoms with E-state index in [4.69, 9.17) is 0 Å². The highest BCUT2D eigenvalue weighted by molar-refractivity contribution is 6.12. The molecule has 0 spiro atoms. The van der Waals surface area contributed by atoms with E-state index >= 15 is 0 Å². The van der Waals surface area contributed by atoms with Crippen LogP contribution in [0.4, 0.5) is 13.2 Å². The first kappa shape index (κ1) is 36.9. The van der Waals surface area contributed by atoms with Crippen molar-refractivity contribution in [2.24, 2.45) is 0 Å². The molecule has 6 heteroatoms. The van der Waals surface area contributed by atoms with Crippen LogP contribution in [0.2, 0.25) is 0 Å². The van der Waals surface area contributed by atoms with Gasteiger partial charge < -0.3 is 9.13 Å². The number of nitrogens with zero attached hydrogens (tertiary/aromatic N) is 3. The number of para-hydroxylation sites is 2. The molecule has 0 aliphatic carbocycles. The van der Waals surface area contributed by atoms with Crippen molar-refractivity contribution in [1.82, 2.24) is 9.13 Å². The van der Waals surface area contributed by atoms with E-state index in [2.05, 4.69) is 119 Å². The van der Waals surface area contributed by atoms with Crippen LogP contribution >= 0.6 is 0 Å². The van der Waals surface area contributed by atoms with Crippen LogP contribution in [0.25, 0.3) is 88.4 Å². The first-order valence-corrected chi connectivity index (χ1v) is 20.0. The summed E-state index contributed by atoms with van der Waals surface area (Å²) in [5.41, 5.74) is 13.4. The Morgan fingerprint density at radius 1 is 0.433 bits per heavy atom. The van der Waals surface area contributed by atoms with Crippen molar-refractivity contribution in [2.45, 2.75) is 33.9 Å². The lowest BCUT2D eigenvalue weighted by Crippen LogP contribution is -2.09. The SMILES string of the molecule is Cc1ccc(-c2ccc3c(c2)c2ccccc2n3-c2cc(-c3ccccc3C(F)(F)F)cc(-n3c4ccccc4c4cc(-c5ccc(C)cc5C)ccc43)c2C#N)c(C)c1. The predicted octanol–water partition coefficient (Wildman–Crippen LogP) is 15.0. The van der Waals surface area contributed by atoms with Gasteiger partial charge in [-0.15, -0.1) is 0 Å². The van der Waals surface area contributed by atoms with Crippen molar-refractivity contribution >= 4 is 43.6 Å². The molecule has 0 saturated heterocycles. The number of fused-ring (bicyclic) bond motifs is 6.